The molecule has 0 aliphatic heterocycles. The summed E-state index contributed by atoms with van der Waals surface area (Å²) < 4.78 is 0.779. The Bertz CT molecular complexity index is 190. The Kier molecular flexibility index (Phi) is 26.6. The molecule has 0 rings (SSSR count). The van der Waals surface area contributed by atoms with Gasteiger partial charge in [-0.2, -0.15) is 0 Å². The largest absolute Gasteiger partial charge is 0.358 e. The Morgan fingerprint density at radius 3 is 1.40 bits per heavy atom. The Morgan fingerprint density at radius 1 is 0.750 bits per heavy atom. The second kappa shape index (κ2) is 20.3. The fourth-order valence-electron chi connectivity index (χ4n) is 2.12. The van der Waals surface area contributed by atoms with Crippen LogP contribution in [0.2, 0.25) is 0 Å². The molecule has 0 unspecified atom stereocenters. The Hall–Kier alpha value is 1.28. The van der Waals surface area contributed by atoms with Gasteiger partial charge >= 0.3 is 0 Å². The van der Waals surface area contributed by atoms with Crippen LogP contribution < -0.4 is 0 Å². The molecule has 0 amide bonds. The molecule has 0 fully saturated rings. The van der Waals surface area contributed by atoms with Crippen LogP contribution in [0.3, 0.4) is 0 Å². The summed E-state index contributed by atoms with van der Waals surface area (Å²) in [6, 6.07) is 0. The van der Waals surface area contributed by atoms with Crippen molar-refractivity contribution in [3.63, 3.8) is 0 Å². The third-order valence-electron chi connectivity index (χ3n) is 3.33. The average molecular weight is 401 g/mol. The second-order valence-electron chi connectivity index (χ2n) is 5.10. The summed E-state index contributed by atoms with van der Waals surface area (Å²) in [4.78, 5) is 2.27. The van der Waals surface area contributed by atoms with Crippen LogP contribution in [0.25, 0.3) is 0 Å². The van der Waals surface area contributed by atoms with Crippen molar-refractivity contribution in [3.8, 4) is 0 Å². The van der Waals surface area contributed by atoms with Crippen LogP contribution in [0.5, 0.6) is 0 Å². The number of rotatable bonds is 12. The van der Waals surface area contributed by atoms with Gasteiger partial charge in [0.2, 0.25) is 0 Å². The fraction of sp³-hybridized carbons (Fsp3) is 0.933. The third kappa shape index (κ3) is 17.3. The zero-order valence-electron chi connectivity index (χ0n) is 13.0. The van der Waals surface area contributed by atoms with Crippen molar-refractivity contribution in [2.24, 2.45) is 0 Å². The second-order valence-corrected chi connectivity index (χ2v) is 6.21. The molecule has 0 saturated carbocycles. The third-order valence-corrected chi connectivity index (χ3v) is 3.87. The molecule has 0 aromatic rings. The van der Waals surface area contributed by atoms with Crippen molar-refractivity contribution < 1.29 is 34.1 Å². The van der Waals surface area contributed by atoms with Gasteiger partial charge < -0.3 is 4.90 Å². The van der Waals surface area contributed by atoms with E-state index in [1.807, 2.05) is 0 Å². The standard InChI is InChI=1S/C15H31NS2.2Fe/c1-3-5-7-9-11-13-16(15(17)18)14-12-10-8-6-4-2;;/h3-14H2,1-2H3,(H,17,18);;. The van der Waals surface area contributed by atoms with E-state index >= 15 is 0 Å². The molecule has 124 valence electrons. The zero-order valence-corrected chi connectivity index (χ0v) is 16.9. The molecule has 0 atom stereocenters. The average Bonchev–Trinajstić information content (AvgIpc) is 2.35. The van der Waals surface area contributed by atoms with Crippen LogP contribution in [0.1, 0.15) is 78.1 Å². The summed E-state index contributed by atoms with van der Waals surface area (Å²) in [5, 5.41) is 0. The van der Waals surface area contributed by atoms with Crippen LogP contribution >= 0.6 is 24.8 Å². The van der Waals surface area contributed by atoms with E-state index in [0.717, 1.165) is 17.4 Å². The van der Waals surface area contributed by atoms with Crippen LogP contribution in [0.4, 0.5) is 0 Å². The molecule has 0 spiro atoms. The summed E-state index contributed by atoms with van der Waals surface area (Å²) in [7, 11) is 0. The van der Waals surface area contributed by atoms with Crippen molar-refractivity contribution in [1.82, 2.24) is 4.90 Å². The van der Waals surface area contributed by atoms with Crippen LogP contribution in [0.15, 0.2) is 0 Å². The first-order valence-corrected chi connectivity index (χ1v) is 8.55. The number of hydrogen-bond acceptors (Lipinski definition) is 1. The summed E-state index contributed by atoms with van der Waals surface area (Å²) in [5.74, 6) is 0. The number of hydrogen-bond donors (Lipinski definition) is 1. The molecule has 20 heavy (non-hydrogen) atoms. The van der Waals surface area contributed by atoms with Crippen LogP contribution in [0, 0.1) is 0 Å². The molecule has 0 radical (unpaired) electrons. The van der Waals surface area contributed by atoms with Gasteiger partial charge in [-0.1, -0.05) is 77.4 Å². The summed E-state index contributed by atoms with van der Waals surface area (Å²) in [6.45, 7) is 6.70. The topological polar surface area (TPSA) is 3.24 Å². The van der Waals surface area contributed by atoms with E-state index in [2.05, 4.69) is 31.4 Å². The van der Waals surface area contributed by atoms with Gasteiger partial charge in [0.1, 0.15) is 4.32 Å². The molecule has 0 aromatic heterocycles. The SMILES string of the molecule is CCCCCCCN(CCCCCCC)C(=S)S.[Fe].[Fe]. The first kappa shape index (κ1) is 26.2. The molecular weight excluding hydrogens is 370 g/mol. The van der Waals surface area contributed by atoms with E-state index in [1.54, 1.807) is 0 Å². The van der Waals surface area contributed by atoms with E-state index < -0.39 is 0 Å². The summed E-state index contributed by atoms with van der Waals surface area (Å²) in [6.07, 6.45) is 13.3. The van der Waals surface area contributed by atoms with Gasteiger partial charge in [0.15, 0.2) is 0 Å². The minimum Gasteiger partial charge on any atom is -0.358 e. The maximum absolute atomic E-state index is 5.21. The molecule has 0 N–H and O–H groups in total. The number of nitrogens with zero attached hydrogens (tertiary/aromatic N) is 1. The summed E-state index contributed by atoms with van der Waals surface area (Å²) >= 11 is 9.55. The molecule has 0 aromatic carbocycles. The zero-order chi connectivity index (χ0) is 13.6. The van der Waals surface area contributed by atoms with Gasteiger partial charge in [-0.15, -0.1) is 12.6 Å². The van der Waals surface area contributed by atoms with Gasteiger partial charge in [0.25, 0.3) is 0 Å². The number of thiocarbonyl (C=S) groups is 1. The minimum absolute atomic E-state index is 0. The number of thiol groups is 1. The van der Waals surface area contributed by atoms with Gasteiger partial charge in [-0.25, -0.2) is 0 Å². The van der Waals surface area contributed by atoms with Crippen LogP contribution in [-0.4, -0.2) is 22.3 Å². The predicted molar refractivity (Wildman–Crippen MR) is 90.7 cm³/mol. The molecule has 0 aliphatic carbocycles. The van der Waals surface area contributed by atoms with Gasteiger partial charge in [-0.3, -0.25) is 0 Å². The molecule has 0 aliphatic rings. The van der Waals surface area contributed by atoms with Gasteiger partial charge in [0.05, 0.1) is 0 Å². The Balaban J connectivity index is -0.00000144. The van der Waals surface area contributed by atoms with E-state index in [4.69, 9.17) is 12.2 Å². The van der Waals surface area contributed by atoms with Gasteiger partial charge in [0, 0.05) is 47.2 Å². The predicted octanol–water partition coefficient (Wildman–Crippen LogP) is 5.44. The number of unbranched alkanes of at least 4 members (excludes halogenated alkanes) is 8. The molecule has 1 nitrogen and oxygen atoms in total. The Labute approximate surface area is 158 Å². The van der Waals surface area contributed by atoms with E-state index in [0.29, 0.717) is 0 Å². The quantitative estimate of drug-likeness (QED) is 0.201. The summed E-state index contributed by atoms with van der Waals surface area (Å²) in [5.41, 5.74) is 0. The van der Waals surface area contributed by atoms with E-state index in [-0.39, 0.29) is 34.1 Å². The molecule has 0 bridgehead atoms. The van der Waals surface area contributed by atoms with E-state index in [1.165, 1.54) is 64.2 Å². The van der Waals surface area contributed by atoms with Crippen molar-refractivity contribution in [1.29, 1.82) is 0 Å². The normalized spacial score (nSPS) is 9.55. The minimum atomic E-state index is 0. The van der Waals surface area contributed by atoms with Crippen molar-refractivity contribution in [3.05, 3.63) is 0 Å². The van der Waals surface area contributed by atoms with E-state index in [9.17, 15) is 0 Å². The maximum Gasteiger partial charge on any atom is 0.133 e. The smallest absolute Gasteiger partial charge is 0.133 e. The van der Waals surface area contributed by atoms with Gasteiger partial charge in [-0.05, 0) is 12.8 Å². The maximum atomic E-state index is 5.21. The van der Waals surface area contributed by atoms with Crippen molar-refractivity contribution in [2.75, 3.05) is 13.1 Å². The molecule has 0 saturated heterocycles. The first-order valence-electron chi connectivity index (χ1n) is 7.70. The fourth-order valence-corrected chi connectivity index (χ4v) is 2.50. The monoisotopic (exact) mass is 401 g/mol. The first-order chi connectivity index (χ1) is 8.72. The van der Waals surface area contributed by atoms with Crippen molar-refractivity contribution in [2.45, 2.75) is 78.1 Å². The van der Waals surface area contributed by atoms with Crippen molar-refractivity contribution >= 4 is 29.2 Å². The molecular formula is C15H31Fe2NS2. The molecule has 5 heteroatoms. The Morgan fingerprint density at radius 2 is 1.10 bits per heavy atom. The molecule has 0 heterocycles. The van der Waals surface area contributed by atoms with Crippen LogP contribution in [-0.2, 0) is 34.1 Å².